The topological polar surface area (TPSA) is 12.9 Å². The first kappa shape index (κ1) is 16.2. The largest absolute Gasteiger partial charge is 0.256 e. The van der Waals surface area contributed by atoms with Crippen LogP contribution < -0.4 is 5.19 Å². The molecule has 3 rings (SSSR count). The van der Waals surface area contributed by atoms with Gasteiger partial charge in [0.2, 0.25) is 0 Å². The highest BCUT2D eigenvalue weighted by atomic mass is 79.9. The van der Waals surface area contributed by atoms with Gasteiger partial charge in [-0.15, -0.1) is 0 Å². The lowest BCUT2D eigenvalue weighted by Crippen LogP contribution is -2.37. The van der Waals surface area contributed by atoms with E-state index in [1.807, 2.05) is 12.3 Å². The monoisotopic (exact) mass is 381 g/mol. The Balaban J connectivity index is 2.02. The molecule has 1 nitrogen and oxygen atoms in total. The van der Waals surface area contributed by atoms with Crippen molar-refractivity contribution in [3.05, 3.63) is 71.3 Å². The summed E-state index contributed by atoms with van der Waals surface area (Å²) in [5, 5.41) is 1.39. The summed E-state index contributed by atoms with van der Waals surface area (Å²) in [4.78, 5) is 4.71. The van der Waals surface area contributed by atoms with Crippen LogP contribution in [0.25, 0.3) is 22.4 Å². The second kappa shape index (κ2) is 6.42. The van der Waals surface area contributed by atoms with Crippen LogP contribution in [0.1, 0.15) is 0 Å². The fraction of sp³-hybridized carbons (Fsp3) is 0.150. The summed E-state index contributed by atoms with van der Waals surface area (Å²) >= 11 is 3.63. The first-order valence-corrected chi connectivity index (χ1v) is 12.1. The second-order valence-electron chi connectivity index (χ2n) is 6.78. The number of hydrogen-bond donors (Lipinski definition) is 0. The third-order valence-corrected chi connectivity index (χ3v) is 6.42. The number of benzene rings is 2. The molecule has 0 fully saturated rings. The molecule has 0 atom stereocenters. The number of rotatable bonds is 3. The summed E-state index contributed by atoms with van der Waals surface area (Å²) in [6.07, 6.45) is 2.05. The number of aromatic nitrogens is 1. The van der Waals surface area contributed by atoms with E-state index in [1.54, 1.807) is 0 Å². The minimum absolute atomic E-state index is 1.02. The minimum atomic E-state index is -1.30. The fourth-order valence-electron chi connectivity index (χ4n) is 2.54. The normalized spacial score (nSPS) is 11.5. The SMILES string of the molecule is C[Si](C)(C)c1ccc(-c2cc(Br)cc(-c3ccccc3)c2)nc1. The second-order valence-corrected chi connectivity index (χ2v) is 12.8. The predicted molar refractivity (Wildman–Crippen MR) is 106 cm³/mol. The maximum absolute atomic E-state index is 4.71. The van der Waals surface area contributed by atoms with Crippen LogP contribution in [0.5, 0.6) is 0 Å². The lowest BCUT2D eigenvalue weighted by molar-refractivity contribution is 1.33. The molecule has 23 heavy (non-hydrogen) atoms. The van der Waals surface area contributed by atoms with Gasteiger partial charge in [-0.1, -0.05) is 72.0 Å². The van der Waals surface area contributed by atoms with Crippen LogP contribution in [0, 0.1) is 0 Å². The van der Waals surface area contributed by atoms with E-state index >= 15 is 0 Å². The third kappa shape index (κ3) is 3.79. The highest BCUT2D eigenvalue weighted by molar-refractivity contribution is 9.10. The zero-order valence-electron chi connectivity index (χ0n) is 13.7. The van der Waals surface area contributed by atoms with Gasteiger partial charge in [-0.2, -0.15) is 0 Å². The first-order chi connectivity index (χ1) is 10.9. The van der Waals surface area contributed by atoms with Gasteiger partial charge in [0.25, 0.3) is 0 Å². The van der Waals surface area contributed by atoms with Crippen molar-refractivity contribution in [3.63, 3.8) is 0 Å². The molecule has 0 saturated heterocycles. The number of hydrogen-bond acceptors (Lipinski definition) is 1. The van der Waals surface area contributed by atoms with Crippen molar-refractivity contribution in [1.82, 2.24) is 4.98 Å². The number of nitrogens with zero attached hydrogens (tertiary/aromatic N) is 1. The maximum atomic E-state index is 4.71. The molecule has 1 aromatic heterocycles. The van der Waals surface area contributed by atoms with Crippen LogP contribution in [0.15, 0.2) is 71.3 Å². The maximum Gasteiger partial charge on any atom is 0.0796 e. The van der Waals surface area contributed by atoms with Crippen molar-refractivity contribution in [1.29, 1.82) is 0 Å². The van der Waals surface area contributed by atoms with Crippen molar-refractivity contribution in [2.45, 2.75) is 19.6 Å². The Morgan fingerprint density at radius 2 is 1.48 bits per heavy atom. The molecule has 2 aromatic carbocycles. The smallest absolute Gasteiger partial charge is 0.0796 e. The summed E-state index contributed by atoms with van der Waals surface area (Å²) in [5.41, 5.74) is 4.57. The Hall–Kier alpha value is -1.71. The van der Waals surface area contributed by atoms with Gasteiger partial charge >= 0.3 is 0 Å². The van der Waals surface area contributed by atoms with Crippen molar-refractivity contribution in [3.8, 4) is 22.4 Å². The zero-order chi connectivity index (χ0) is 16.4. The molecular weight excluding hydrogens is 362 g/mol. The van der Waals surface area contributed by atoms with Gasteiger partial charge in [0.05, 0.1) is 13.8 Å². The van der Waals surface area contributed by atoms with Crippen LogP contribution >= 0.6 is 15.9 Å². The van der Waals surface area contributed by atoms with Gasteiger partial charge in [0, 0.05) is 16.2 Å². The molecule has 3 heteroatoms. The Bertz CT molecular complexity index is 805. The first-order valence-electron chi connectivity index (χ1n) is 7.76. The Morgan fingerprint density at radius 3 is 2.09 bits per heavy atom. The van der Waals surface area contributed by atoms with E-state index in [9.17, 15) is 0 Å². The van der Waals surface area contributed by atoms with Gasteiger partial charge in [-0.05, 0) is 40.6 Å². The van der Waals surface area contributed by atoms with E-state index in [2.05, 4.69) is 90.2 Å². The van der Waals surface area contributed by atoms with E-state index in [-0.39, 0.29) is 0 Å². The highest BCUT2D eigenvalue weighted by Crippen LogP contribution is 2.29. The molecule has 0 radical (unpaired) electrons. The molecule has 116 valence electrons. The summed E-state index contributed by atoms with van der Waals surface area (Å²) in [6, 6.07) is 21.3. The van der Waals surface area contributed by atoms with Gasteiger partial charge in [0.15, 0.2) is 0 Å². The lowest BCUT2D eigenvalue weighted by atomic mass is 10.0. The average molecular weight is 382 g/mol. The third-order valence-electron chi connectivity index (χ3n) is 3.93. The molecule has 0 aliphatic heterocycles. The quantitative estimate of drug-likeness (QED) is 0.528. The van der Waals surface area contributed by atoms with Gasteiger partial charge in [-0.3, -0.25) is 4.98 Å². The Morgan fingerprint density at radius 1 is 0.783 bits per heavy atom. The molecule has 0 spiro atoms. The molecule has 0 aliphatic rings. The van der Waals surface area contributed by atoms with E-state index in [0.29, 0.717) is 0 Å². The molecule has 1 heterocycles. The standard InChI is InChI=1S/C20H20BrNSi/c1-23(2,3)19-9-10-20(22-14-19)17-11-16(12-18(21)13-17)15-7-5-4-6-8-15/h4-14H,1-3H3. The molecule has 3 aromatic rings. The van der Waals surface area contributed by atoms with Crippen molar-refractivity contribution >= 4 is 29.2 Å². The Kier molecular flexibility index (Phi) is 4.51. The van der Waals surface area contributed by atoms with Gasteiger partial charge < -0.3 is 0 Å². The fourth-order valence-corrected chi connectivity index (χ4v) is 4.07. The van der Waals surface area contributed by atoms with Crippen LogP contribution in [-0.4, -0.2) is 13.1 Å². The zero-order valence-corrected chi connectivity index (χ0v) is 16.3. The molecule has 0 aliphatic carbocycles. The molecule has 0 unspecified atom stereocenters. The summed E-state index contributed by atoms with van der Waals surface area (Å²) in [5.74, 6) is 0. The molecule has 0 amide bonds. The average Bonchev–Trinajstić information content (AvgIpc) is 2.54. The minimum Gasteiger partial charge on any atom is -0.256 e. The summed E-state index contributed by atoms with van der Waals surface area (Å²) in [7, 11) is -1.30. The van der Waals surface area contributed by atoms with Gasteiger partial charge in [0.1, 0.15) is 0 Å². The van der Waals surface area contributed by atoms with Crippen molar-refractivity contribution < 1.29 is 0 Å². The van der Waals surface area contributed by atoms with Crippen LogP contribution in [-0.2, 0) is 0 Å². The molecule has 0 bridgehead atoms. The van der Waals surface area contributed by atoms with Crippen molar-refractivity contribution in [2.75, 3.05) is 0 Å². The summed E-state index contributed by atoms with van der Waals surface area (Å²) in [6.45, 7) is 7.03. The predicted octanol–water partition coefficient (Wildman–Crippen LogP) is 5.72. The number of halogens is 1. The van der Waals surface area contributed by atoms with Crippen LogP contribution in [0.4, 0.5) is 0 Å². The van der Waals surface area contributed by atoms with Crippen LogP contribution in [0.3, 0.4) is 0 Å². The lowest BCUT2D eigenvalue weighted by Gasteiger charge is -2.16. The van der Waals surface area contributed by atoms with Gasteiger partial charge in [-0.25, -0.2) is 0 Å². The van der Waals surface area contributed by atoms with E-state index in [1.165, 1.54) is 16.3 Å². The van der Waals surface area contributed by atoms with E-state index in [4.69, 9.17) is 4.98 Å². The summed E-state index contributed by atoms with van der Waals surface area (Å²) < 4.78 is 1.07. The molecule has 0 saturated carbocycles. The molecular formula is C20H20BrNSi. The van der Waals surface area contributed by atoms with Crippen molar-refractivity contribution in [2.24, 2.45) is 0 Å². The Labute approximate surface area is 147 Å². The van der Waals surface area contributed by atoms with E-state index in [0.717, 1.165) is 15.7 Å². The highest BCUT2D eigenvalue weighted by Gasteiger charge is 2.16. The van der Waals surface area contributed by atoms with Crippen LogP contribution in [0.2, 0.25) is 19.6 Å². The number of pyridine rings is 1. The molecule has 0 N–H and O–H groups in total. The van der Waals surface area contributed by atoms with E-state index < -0.39 is 8.07 Å².